The summed E-state index contributed by atoms with van der Waals surface area (Å²) in [5.41, 5.74) is 4.52. The highest BCUT2D eigenvalue weighted by atomic mass is 35.5. The number of nitrogens with zero attached hydrogens (tertiary/aromatic N) is 1. The fourth-order valence-electron chi connectivity index (χ4n) is 2.21. The third-order valence-corrected chi connectivity index (χ3v) is 4.59. The quantitative estimate of drug-likeness (QED) is 0.842. The van der Waals surface area contributed by atoms with Gasteiger partial charge in [0, 0.05) is 24.8 Å². The largest absolute Gasteiger partial charge is 0.354 e. The summed E-state index contributed by atoms with van der Waals surface area (Å²) in [5, 5.41) is 4.54. The smallest absolute Gasteiger partial charge is 0.226 e. The number of rotatable bonds is 4. The van der Waals surface area contributed by atoms with Crippen molar-refractivity contribution in [2.75, 3.05) is 19.4 Å². The molecule has 2 rings (SSSR count). The second kappa shape index (κ2) is 7.24. The Morgan fingerprint density at radius 1 is 1.09 bits per heavy atom. The molecule has 0 unspecified atom stereocenters. The lowest BCUT2D eigenvalue weighted by Crippen LogP contribution is -2.23. The van der Waals surface area contributed by atoms with Gasteiger partial charge in [0.15, 0.2) is 0 Å². The van der Waals surface area contributed by atoms with E-state index in [1.165, 1.54) is 0 Å². The van der Waals surface area contributed by atoms with Gasteiger partial charge in [0.25, 0.3) is 0 Å². The Morgan fingerprint density at radius 2 is 1.74 bits per heavy atom. The van der Waals surface area contributed by atoms with Crippen LogP contribution in [-0.4, -0.2) is 24.9 Å². The molecule has 5 heteroatoms. The standard InChI is InChI=1S/C18H20Cl2N2O/c1-11-5-7-15(13(9-11)10-17(23)22(3)4)21-16-8-6-14(19)12(2)18(16)20/h5-9,21H,10H2,1-4H3. The molecule has 0 bridgehead atoms. The zero-order chi connectivity index (χ0) is 17.1. The number of halogens is 2. The fraction of sp³-hybridized carbons (Fsp3) is 0.278. The van der Waals surface area contributed by atoms with Crippen LogP contribution in [0.15, 0.2) is 30.3 Å². The molecule has 1 amide bonds. The van der Waals surface area contributed by atoms with E-state index in [0.717, 1.165) is 28.1 Å². The lowest BCUT2D eigenvalue weighted by molar-refractivity contribution is -0.127. The van der Waals surface area contributed by atoms with Gasteiger partial charge >= 0.3 is 0 Å². The van der Waals surface area contributed by atoms with Gasteiger partial charge in [-0.1, -0.05) is 40.9 Å². The number of benzene rings is 2. The summed E-state index contributed by atoms with van der Waals surface area (Å²) >= 11 is 12.4. The molecule has 0 aliphatic carbocycles. The van der Waals surface area contributed by atoms with Crippen molar-refractivity contribution in [1.29, 1.82) is 0 Å². The summed E-state index contributed by atoms with van der Waals surface area (Å²) in [6.45, 7) is 3.88. The topological polar surface area (TPSA) is 32.3 Å². The lowest BCUT2D eigenvalue weighted by Gasteiger charge is -2.17. The Bertz CT molecular complexity index is 742. The van der Waals surface area contributed by atoms with Crippen LogP contribution in [-0.2, 0) is 11.2 Å². The van der Waals surface area contributed by atoms with Crippen molar-refractivity contribution in [2.24, 2.45) is 0 Å². The highest BCUT2D eigenvalue weighted by Crippen LogP contribution is 2.33. The van der Waals surface area contributed by atoms with Crippen LogP contribution in [0.4, 0.5) is 11.4 Å². The van der Waals surface area contributed by atoms with Crippen LogP contribution >= 0.6 is 23.2 Å². The number of carbonyl (C=O) groups is 1. The van der Waals surface area contributed by atoms with E-state index in [-0.39, 0.29) is 5.91 Å². The van der Waals surface area contributed by atoms with Crippen molar-refractivity contribution >= 4 is 40.5 Å². The number of hydrogen-bond acceptors (Lipinski definition) is 2. The Kier molecular flexibility index (Phi) is 5.55. The number of amides is 1. The summed E-state index contributed by atoms with van der Waals surface area (Å²) in [4.78, 5) is 13.6. The lowest BCUT2D eigenvalue weighted by atomic mass is 10.0. The van der Waals surface area contributed by atoms with Gasteiger partial charge < -0.3 is 10.2 Å². The van der Waals surface area contributed by atoms with E-state index in [4.69, 9.17) is 23.2 Å². The monoisotopic (exact) mass is 350 g/mol. The van der Waals surface area contributed by atoms with E-state index < -0.39 is 0 Å². The Balaban J connectivity index is 2.37. The molecule has 0 fully saturated rings. The number of aryl methyl sites for hydroxylation is 1. The minimum absolute atomic E-state index is 0.0528. The Hall–Kier alpha value is -1.71. The summed E-state index contributed by atoms with van der Waals surface area (Å²) in [5.74, 6) is 0.0528. The first kappa shape index (κ1) is 17.6. The number of nitrogens with one attached hydrogen (secondary N) is 1. The highest BCUT2D eigenvalue weighted by Gasteiger charge is 2.13. The first-order chi connectivity index (χ1) is 10.8. The van der Waals surface area contributed by atoms with Crippen molar-refractivity contribution in [3.8, 4) is 0 Å². The minimum atomic E-state index is 0.0528. The molecule has 2 aromatic rings. The van der Waals surface area contributed by atoms with Gasteiger partial charge in [-0.25, -0.2) is 0 Å². The molecule has 0 spiro atoms. The first-order valence-corrected chi connectivity index (χ1v) is 8.06. The second-order valence-electron chi connectivity index (χ2n) is 5.78. The van der Waals surface area contributed by atoms with E-state index in [0.29, 0.717) is 16.5 Å². The van der Waals surface area contributed by atoms with Gasteiger partial charge in [0.2, 0.25) is 5.91 Å². The summed E-state index contributed by atoms with van der Waals surface area (Å²) < 4.78 is 0. The minimum Gasteiger partial charge on any atom is -0.354 e. The fourth-order valence-corrected chi connectivity index (χ4v) is 2.63. The number of anilines is 2. The number of hydrogen-bond donors (Lipinski definition) is 1. The van der Waals surface area contributed by atoms with Crippen LogP contribution in [0.2, 0.25) is 10.0 Å². The van der Waals surface area contributed by atoms with Crippen molar-refractivity contribution in [3.63, 3.8) is 0 Å². The maximum Gasteiger partial charge on any atom is 0.226 e. The molecule has 0 atom stereocenters. The Labute approximate surface area is 147 Å². The molecule has 0 saturated heterocycles. The van der Waals surface area contributed by atoms with Gasteiger partial charge in [-0.3, -0.25) is 4.79 Å². The maximum atomic E-state index is 12.0. The third-order valence-electron chi connectivity index (χ3n) is 3.69. The van der Waals surface area contributed by atoms with Crippen LogP contribution in [0.1, 0.15) is 16.7 Å². The van der Waals surface area contributed by atoms with Gasteiger partial charge in [-0.05, 0) is 43.2 Å². The van der Waals surface area contributed by atoms with E-state index in [9.17, 15) is 4.79 Å². The first-order valence-electron chi connectivity index (χ1n) is 7.31. The van der Waals surface area contributed by atoms with Crippen LogP contribution in [0, 0.1) is 13.8 Å². The van der Waals surface area contributed by atoms with Crippen molar-refractivity contribution in [1.82, 2.24) is 4.90 Å². The number of likely N-dealkylation sites (N-methyl/N-ethyl adjacent to an activating group) is 1. The normalized spacial score (nSPS) is 10.5. The maximum absolute atomic E-state index is 12.0. The van der Waals surface area contributed by atoms with E-state index >= 15 is 0 Å². The van der Waals surface area contributed by atoms with Crippen molar-refractivity contribution in [2.45, 2.75) is 20.3 Å². The molecule has 0 radical (unpaired) electrons. The van der Waals surface area contributed by atoms with E-state index in [2.05, 4.69) is 5.32 Å². The molecule has 0 aliphatic rings. The Morgan fingerprint density at radius 3 is 2.39 bits per heavy atom. The number of carbonyl (C=O) groups excluding carboxylic acids is 1. The predicted octanol–water partition coefficient (Wildman–Crippen LogP) is 4.98. The molecule has 122 valence electrons. The third kappa shape index (κ3) is 4.18. The molecule has 1 N–H and O–H groups in total. The molecule has 23 heavy (non-hydrogen) atoms. The summed E-state index contributed by atoms with van der Waals surface area (Å²) in [6.07, 6.45) is 0.335. The van der Waals surface area contributed by atoms with Gasteiger partial charge in [0.1, 0.15) is 0 Å². The molecular formula is C18H20Cl2N2O. The van der Waals surface area contributed by atoms with Crippen molar-refractivity contribution < 1.29 is 4.79 Å². The molecule has 0 aliphatic heterocycles. The zero-order valence-corrected chi connectivity index (χ0v) is 15.2. The van der Waals surface area contributed by atoms with Gasteiger partial charge in [0.05, 0.1) is 17.1 Å². The SMILES string of the molecule is Cc1ccc(Nc2ccc(Cl)c(C)c2Cl)c(CC(=O)N(C)C)c1. The molecule has 2 aromatic carbocycles. The molecular weight excluding hydrogens is 331 g/mol. The zero-order valence-electron chi connectivity index (χ0n) is 13.7. The predicted molar refractivity (Wildman–Crippen MR) is 98.1 cm³/mol. The molecule has 3 nitrogen and oxygen atoms in total. The van der Waals surface area contributed by atoms with Gasteiger partial charge in [-0.15, -0.1) is 0 Å². The average molecular weight is 351 g/mol. The van der Waals surface area contributed by atoms with E-state index in [1.807, 2.05) is 44.2 Å². The summed E-state index contributed by atoms with van der Waals surface area (Å²) in [6, 6.07) is 9.63. The molecule has 0 saturated carbocycles. The van der Waals surface area contributed by atoms with Crippen LogP contribution in [0.3, 0.4) is 0 Å². The average Bonchev–Trinajstić information content (AvgIpc) is 2.50. The van der Waals surface area contributed by atoms with Crippen LogP contribution < -0.4 is 5.32 Å². The molecule has 0 aromatic heterocycles. The highest BCUT2D eigenvalue weighted by molar-refractivity contribution is 6.37. The van der Waals surface area contributed by atoms with Crippen LogP contribution in [0.25, 0.3) is 0 Å². The summed E-state index contributed by atoms with van der Waals surface area (Å²) in [7, 11) is 3.51. The van der Waals surface area contributed by atoms with E-state index in [1.54, 1.807) is 19.0 Å². The van der Waals surface area contributed by atoms with Crippen molar-refractivity contribution in [3.05, 3.63) is 57.1 Å². The molecule has 0 heterocycles. The van der Waals surface area contributed by atoms with Gasteiger partial charge in [-0.2, -0.15) is 0 Å². The second-order valence-corrected chi connectivity index (χ2v) is 6.57. The van der Waals surface area contributed by atoms with Crippen LogP contribution in [0.5, 0.6) is 0 Å².